The number of hydrogen-bond donors (Lipinski definition) is 2. The van der Waals surface area contributed by atoms with Gasteiger partial charge in [0.2, 0.25) is 0 Å². The predicted molar refractivity (Wildman–Crippen MR) is 247 cm³/mol. The summed E-state index contributed by atoms with van der Waals surface area (Å²) in [5.74, 6) is 9.05. The van der Waals surface area contributed by atoms with Gasteiger partial charge in [-0.1, -0.05) is 66.7 Å². The van der Waals surface area contributed by atoms with Gasteiger partial charge in [-0.2, -0.15) is 0 Å². The average molecular weight is 845 g/mol. The third kappa shape index (κ3) is 10.8. The summed E-state index contributed by atoms with van der Waals surface area (Å²) >= 11 is 0. The average Bonchev–Trinajstić information content (AvgIpc) is 3.29. The molecule has 0 saturated carbocycles. The molecule has 64 heavy (non-hydrogen) atoms. The van der Waals surface area contributed by atoms with Crippen LogP contribution in [-0.2, 0) is 0 Å². The number of benzene rings is 9. The Bertz CT molecular complexity index is 2830. The monoisotopic (exact) mass is 844 g/mol. The summed E-state index contributed by atoms with van der Waals surface area (Å²) in [6, 6.07) is 66.1. The lowest BCUT2D eigenvalue weighted by Gasteiger charge is -2.15. The van der Waals surface area contributed by atoms with Gasteiger partial charge in [-0.05, 0) is 109 Å². The van der Waals surface area contributed by atoms with Crippen LogP contribution in [0, 0.1) is 0 Å². The van der Waals surface area contributed by atoms with E-state index in [1.54, 1.807) is 54.6 Å². The van der Waals surface area contributed by atoms with Gasteiger partial charge in [0, 0.05) is 53.8 Å². The summed E-state index contributed by atoms with van der Waals surface area (Å²) in [6.45, 7) is 0. The van der Waals surface area contributed by atoms with Gasteiger partial charge < -0.3 is 49.4 Å². The molecule has 9 aromatic carbocycles. The number of rotatable bonds is 16. The molecule has 0 aromatic heterocycles. The highest BCUT2D eigenvalue weighted by Gasteiger charge is 2.13. The largest absolute Gasteiger partial charge is 0.457 e. The van der Waals surface area contributed by atoms with Gasteiger partial charge >= 0.3 is 0 Å². The molecule has 0 saturated heterocycles. The van der Waals surface area contributed by atoms with Crippen molar-refractivity contribution in [2.24, 2.45) is 0 Å². The van der Waals surface area contributed by atoms with E-state index in [1.807, 2.05) is 164 Å². The van der Waals surface area contributed by atoms with Gasteiger partial charge in [-0.3, -0.25) is 0 Å². The number of para-hydroxylation sites is 4. The first-order valence-corrected chi connectivity index (χ1v) is 20.2. The molecule has 0 spiro atoms. The molecule has 0 fully saturated rings. The van der Waals surface area contributed by atoms with Crippen LogP contribution in [0.5, 0.6) is 92.0 Å². The molecule has 9 rings (SSSR count). The van der Waals surface area contributed by atoms with Gasteiger partial charge in [-0.25, -0.2) is 0 Å². The smallest absolute Gasteiger partial charge is 0.169 e. The Kier molecular flexibility index (Phi) is 12.1. The molecule has 0 heterocycles. The van der Waals surface area contributed by atoms with Gasteiger partial charge in [0.1, 0.15) is 69.0 Å². The number of hydrogen-bond acceptors (Lipinski definition) is 10. The van der Waals surface area contributed by atoms with Crippen molar-refractivity contribution in [3.8, 4) is 92.0 Å². The second-order valence-electron chi connectivity index (χ2n) is 14.2. The number of nitrogen functional groups attached to an aromatic ring is 2. The van der Waals surface area contributed by atoms with Crippen LogP contribution in [0.3, 0.4) is 0 Å². The fourth-order valence-electron chi connectivity index (χ4n) is 6.45. The summed E-state index contributed by atoms with van der Waals surface area (Å²) in [5, 5.41) is 0. The molecule has 0 aliphatic rings. The van der Waals surface area contributed by atoms with Crippen molar-refractivity contribution in [2.75, 3.05) is 11.5 Å². The zero-order chi connectivity index (χ0) is 43.5. The standard InChI is InChI=1S/C54H40N2O8/c55-37-12-5-14-39(30-37)57-41-16-7-18-43(32-41)59-45-20-9-22-47(34-45)61-51-26-1-3-28-53(51)63-49-24-11-25-50(36-49)64-54-29-4-2-27-52(54)62-48-23-10-21-46(35-48)60-44-19-8-17-42(33-44)58-40-15-6-13-38(56)31-40/h1-36H,55-56H2. The highest BCUT2D eigenvalue weighted by Crippen LogP contribution is 2.40. The maximum Gasteiger partial charge on any atom is 0.169 e. The maximum atomic E-state index is 6.37. The van der Waals surface area contributed by atoms with Crippen LogP contribution >= 0.6 is 0 Å². The highest BCUT2D eigenvalue weighted by atomic mass is 16.5. The lowest BCUT2D eigenvalue weighted by Crippen LogP contribution is -1.93. The molecule has 0 aliphatic heterocycles. The quantitative estimate of drug-likeness (QED) is 0.0908. The zero-order valence-electron chi connectivity index (χ0n) is 34.2. The second-order valence-corrected chi connectivity index (χ2v) is 14.2. The Morgan fingerprint density at radius 1 is 0.188 bits per heavy atom. The summed E-state index contributed by atoms with van der Waals surface area (Å²) in [4.78, 5) is 0. The van der Waals surface area contributed by atoms with Gasteiger partial charge in [-0.15, -0.1) is 0 Å². The Labute approximate surface area is 369 Å². The molecule has 10 heteroatoms. The Morgan fingerprint density at radius 3 is 0.594 bits per heavy atom. The Balaban J connectivity index is 0.841. The van der Waals surface area contributed by atoms with Crippen LogP contribution in [0.1, 0.15) is 0 Å². The zero-order valence-corrected chi connectivity index (χ0v) is 34.2. The first-order chi connectivity index (χ1) is 31.4. The topological polar surface area (TPSA) is 126 Å². The molecular formula is C54H40N2O8. The van der Waals surface area contributed by atoms with E-state index >= 15 is 0 Å². The second kappa shape index (κ2) is 19.1. The van der Waals surface area contributed by atoms with E-state index in [-0.39, 0.29) is 0 Å². The van der Waals surface area contributed by atoms with Crippen LogP contribution in [0.2, 0.25) is 0 Å². The molecule has 0 atom stereocenters. The lowest BCUT2D eigenvalue weighted by atomic mass is 10.2. The van der Waals surface area contributed by atoms with Crippen molar-refractivity contribution in [1.29, 1.82) is 0 Å². The molecule has 0 bridgehead atoms. The van der Waals surface area contributed by atoms with Crippen molar-refractivity contribution in [3.63, 3.8) is 0 Å². The van der Waals surface area contributed by atoms with Crippen molar-refractivity contribution in [2.45, 2.75) is 0 Å². The van der Waals surface area contributed by atoms with Gasteiger partial charge in [0.25, 0.3) is 0 Å². The van der Waals surface area contributed by atoms with Crippen LogP contribution in [0.4, 0.5) is 11.4 Å². The van der Waals surface area contributed by atoms with Gasteiger partial charge in [0.05, 0.1) is 0 Å². The molecule has 9 aromatic rings. The number of nitrogens with two attached hydrogens (primary N) is 2. The molecule has 314 valence electrons. The minimum Gasteiger partial charge on any atom is -0.457 e. The van der Waals surface area contributed by atoms with Crippen molar-refractivity contribution in [3.05, 3.63) is 218 Å². The molecule has 0 amide bonds. The van der Waals surface area contributed by atoms with Crippen LogP contribution in [0.25, 0.3) is 0 Å². The summed E-state index contributed by atoms with van der Waals surface area (Å²) in [6.07, 6.45) is 0. The molecule has 0 unspecified atom stereocenters. The predicted octanol–water partition coefficient (Wildman–Crippen LogP) is 15.2. The third-order valence-electron chi connectivity index (χ3n) is 9.30. The summed E-state index contributed by atoms with van der Waals surface area (Å²) in [7, 11) is 0. The highest BCUT2D eigenvalue weighted by molar-refractivity contribution is 5.52. The van der Waals surface area contributed by atoms with E-state index in [0.29, 0.717) is 103 Å². The first-order valence-electron chi connectivity index (χ1n) is 20.2. The summed E-state index contributed by atoms with van der Waals surface area (Å²) < 4.78 is 49.7. The molecule has 0 aliphatic carbocycles. The van der Waals surface area contributed by atoms with Crippen LogP contribution in [0.15, 0.2) is 218 Å². The van der Waals surface area contributed by atoms with Crippen molar-refractivity contribution >= 4 is 11.4 Å². The van der Waals surface area contributed by atoms with E-state index in [0.717, 1.165) is 0 Å². The third-order valence-corrected chi connectivity index (χ3v) is 9.30. The SMILES string of the molecule is Nc1cccc(Oc2cccc(Oc3cccc(Oc4ccccc4Oc4cccc(Oc5ccccc5Oc5cccc(Oc6cccc(Oc7cccc(N)c7)c6)c5)c4)c3)c2)c1. The normalized spacial score (nSPS) is 10.6. The molecule has 0 radical (unpaired) electrons. The van der Waals surface area contributed by atoms with Gasteiger partial charge in [0.15, 0.2) is 23.0 Å². The maximum absolute atomic E-state index is 6.37. The minimum absolute atomic E-state index is 0.504. The van der Waals surface area contributed by atoms with E-state index < -0.39 is 0 Å². The Morgan fingerprint density at radius 2 is 0.375 bits per heavy atom. The Hall–Kier alpha value is -9.02. The first kappa shape index (κ1) is 40.4. The fourth-order valence-corrected chi connectivity index (χ4v) is 6.45. The minimum atomic E-state index is 0.504. The van der Waals surface area contributed by atoms with E-state index in [2.05, 4.69) is 0 Å². The molecule has 4 N–H and O–H groups in total. The van der Waals surface area contributed by atoms with Crippen molar-refractivity contribution < 1.29 is 37.9 Å². The van der Waals surface area contributed by atoms with E-state index in [4.69, 9.17) is 49.4 Å². The number of ether oxygens (including phenoxy) is 8. The van der Waals surface area contributed by atoms with E-state index in [1.165, 1.54) is 0 Å². The van der Waals surface area contributed by atoms with Crippen LogP contribution in [-0.4, -0.2) is 0 Å². The summed E-state index contributed by atoms with van der Waals surface area (Å²) in [5.41, 5.74) is 13.1. The fraction of sp³-hybridized carbons (Fsp3) is 0. The van der Waals surface area contributed by atoms with Crippen molar-refractivity contribution in [1.82, 2.24) is 0 Å². The van der Waals surface area contributed by atoms with Crippen LogP contribution < -0.4 is 49.4 Å². The molecule has 10 nitrogen and oxygen atoms in total. The molecular weight excluding hydrogens is 805 g/mol. The lowest BCUT2D eigenvalue weighted by molar-refractivity contribution is 0.405. The number of anilines is 2. The van der Waals surface area contributed by atoms with E-state index in [9.17, 15) is 0 Å².